The molecule has 0 amide bonds. The molecule has 0 unspecified atom stereocenters. The number of nitrogen functional groups attached to an aromatic ring is 1. The van der Waals surface area contributed by atoms with Crippen molar-refractivity contribution >= 4 is 28.9 Å². The van der Waals surface area contributed by atoms with Crippen molar-refractivity contribution in [2.45, 2.75) is 6.92 Å². The summed E-state index contributed by atoms with van der Waals surface area (Å²) in [5.74, 6) is 6.66. The fourth-order valence-electron chi connectivity index (χ4n) is 1.61. The third-order valence-corrected chi connectivity index (χ3v) is 2.84. The highest BCUT2D eigenvalue weighted by atomic mass is 35.5. The van der Waals surface area contributed by atoms with E-state index in [9.17, 15) is 0 Å². The van der Waals surface area contributed by atoms with Gasteiger partial charge >= 0.3 is 0 Å². The van der Waals surface area contributed by atoms with E-state index in [4.69, 9.17) is 22.2 Å². The van der Waals surface area contributed by atoms with Crippen molar-refractivity contribution in [3.05, 3.63) is 35.1 Å². The van der Waals surface area contributed by atoms with Crippen LogP contribution in [0.5, 0.6) is 5.75 Å². The minimum Gasteiger partial charge on any atom is -0.490 e. The molecule has 2 rings (SSSR count). The first-order chi connectivity index (χ1) is 9.15. The second kappa shape index (κ2) is 5.73. The first-order valence-corrected chi connectivity index (χ1v) is 5.92. The topological polar surface area (TPSA) is 85.1 Å². The molecule has 0 aliphatic heterocycles. The van der Waals surface area contributed by atoms with Crippen LogP contribution >= 0.6 is 11.6 Å². The molecule has 0 aliphatic carbocycles. The maximum Gasteiger partial charge on any atom is 0.205 e. The molecule has 4 N–H and O–H groups in total. The van der Waals surface area contributed by atoms with Crippen LogP contribution < -0.4 is 21.3 Å². The fourth-order valence-corrected chi connectivity index (χ4v) is 1.89. The van der Waals surface area contributed by atoms with E-state index in [1.807, 2.05) is 25.1 Å². The van der Waals surface area contributed by atoms with Gasteiger partial charge in [-0.25, -0.2) is 15.8 Å². The lowest BCUT2D eigenvalue weighted by Gasteiger charge is -2.13. The number of anilines is 3. The average molecular weight is 280 g/mol. The monoisotopic (exact) mass is 279 g/mol. The molecule has 0 fully saturated rings. The number of nitrogens with one attached hydrogen (secondary N) is 2. The number of halogens is 1. The molecule has 7 heteroatoms. The minimum atomic E-state index is 0.392. The number of ether oxygens (including phenoxy) is 1. The van der Waals surface area contributed by atoms with Gasteiger partial charge in [-0.1, -0.05) is 17.7 Å². The number of methoxy groups -OCH3 is 1. The Balaban J connectivity index is 2.37. The molecule has 0 saturated heterocycles. The van der Waals surface area contributed by atoms with Crippen molar-refractivity contribution in [3.8, 4) is 5.75 Å². The van der Waals surface area contributed by atoms with Crippen molar-refractivity contribution in [2.75, 3.05) is 17.9 Å². The number of hydrazine groups is 1. The van der Waals surface area contributed by atoms with E-state index in [0.717, 1.165) is 11.3 Å². The molecular formula is C12H14ClN5O. The number of nitrogens with zero attached hydrogens (tertiary/aromatic N) is 2. The van der Waals surface area contributed by atoms with Crippen molar-refractivity contribution in [2.24, 2.45) is 5.84 Å². The normalized spacial score (nSPS) is 10.1. The maximum atomic E-state index is 6.16. The Morgan fingerprint density at radius 1 is 1.26 bits per heavy atom. The first-order valence-electron chi connectivity index (χ1n) is 5.54. The van der Waals surface area contributed by atoms with E-state index in [1.165, 1.54) is 13.4 Å². The lowest BCUT2D eigenvalue weighted by Crippen LogP contribution is -2.11. The highest BCUT2D eigenvalue weighted by Crippen LogP contribution is 2.33. The van der Waals surface area contributed by atoms with Gasteiger partial charge in [-0.05, 0) is 24.6 Å². The summed E-state index contributed by atoms with van der Waals surface area (Å²) in [7, 11) is 1.52. The average Bonchev–Trinajstić information content (AvgIpc) is 2.41. The summed E-state index contributed by atoms with van der Waals surface area (Å²) in [6, 6.07) is 5.68. The molecule has 2 aromatic rings. The van der Waals surface area contributed by atoms with E-state index in [1.54, 1.807) is 0 Å². The molecule has 0 aliphatic rings. The molecule has 1 aromatic carbocycles. The van der Waals surface area contributed by atoms with Crippen LogP contribution in [0.3, 0.4) is 0 Å². The SMILES string of the molecule is COc1c(NN)ncnc1Nc1ccc(C)cc1Cl. The predicted molar refractivity (Wildman–Crippen MR) is 75.9 cm³/mol. The third-order valence-electron chi connectivity index (χ3n) is 2.52. The molecule has 19 heavy (non-hydrogen) atoms. The zero-order valence-electron chi connectivity index (χ0n) is 10.6. The van der Waals surface area contributed by atoms with Gasteiger partial charge in [0.15, 0.2) is 11.6 Å². The highest BCUT2D eigenvalue weighted by molar-refractivity contribution is 6.33. The molecule has 0 saturated carbocycles. The molecule has 100 valence electrons. The molecular weight excluding hydrogens is 266 g/mol. The summed E-state index contributed by atoms with van der Waals surface area (Å²) in [5, 5.41) is 3.69. The van der Waals surface area contributed by atoms with E-state index < -0.39 is 0 Å². The van der Waals surface area contributed by atoms with Gasteiger partial charge in [0.05, 0.1) is 17.8 Å². The quantitative estimate of drug-likeness (QED) is 0.589. The standard InChI is InChI=1S/C12H14ClN5O/c1-7-3-4-9(8(13)5-7)17-11-10(19-2)12(18-14)16-6-15-11/h3-6H,14H2,1-2H3,(H2,15,16,17,18). The smallest absolute Gasteiger partial charge is 0.205 e. The summed E-state index contributed by atoms with van der Waals surface area (Å²) in [4.78, 5) is 8.08. The maximum absolute atomic E-state index is 6.16. The fraction of sp³-hybridized carbons (Fsp3) is 0.167. The summed E-state index contributed by atoms with van der Waals surface area (Å²) in [6.07, 6.45) is 1.38. The van der Waals surface area contributed by atoms with Crippen molar-refractivity contribution in [1.82, 2.24) is 9.97 Å². The van der Waals surface area contributed by atoms with E-state index in [-0.39, 0.29) is 0 Å². The Hall–Kier alpha value is -2.05. The third kappa shape index (κ3) is 2.86. The molecule has 1 aromatic heterocycles. The lowest BCUT2D eigenvalue weighted by atomic mass is 10.2. The summed E-state index contributed by atoms with van der Waals surface area (Å²) < 4.78 is 5.23. The Morgan fingerprint density at radius 3 is 2.63 bits per heavy atom. The highest BCUT2D eigenvalue weighted by Gasteiger charge is 2.12. The zero-order chi connectivity index (χ0) is 13.8. The van der Waals surface area contributed by atoms with Crippen LogP contribution in [0.25, 0.3) is 0 Å². The van der Waals surface area contributed by atoms with Crippen LogP contribution in [0.15, 0.2) is 24.5 Å². The van der Waals surface area contributed by atoms with Gasteiger partial charge in [0.2, 0.25) is 5.75 Å². The summed E-state index contributed by atoms with van der Waals surface area (Å²) >= 11 is 6.16. The Bertz CT molecular complexity index is 590. The van der Waals surface area contributed by atoms with Crippen molar-refractivity contribution in [1.29, 1.82) is 0 Å². The number of aromatic nitrogens is 2. The predicted octanol–water partition coefficient (Wildman–Crippen LogP) is 2.48. The van der Waals surface area contributed by atoms with Gasteiger partial charge in [-0.3, -0.25) is 0 Å². The number of rotatable bonds is 4. The molecule has 1 heterocycles. The summed E-state index contributed by atoms with van der Waals surface area (Å²) in [6.45, 7) is 1.97. The lowest BCUT2D eigenvalue weighted by molar-refractivity contribution is 0.415. The van der Waals surface area contributed by atoms with E-state index >= 15 is 0 Å². The Kier molecular flexibility index (Phi) is 4.03. The van der Waals surface area contributed by atoms with Crippen molar-refractivity contribution < 1.29 is 4.74 Å². The van der Waals surface area contributed by atoms with Crippen LogP contribution in [0.1, 0.15) is 5.56 Å². The second-order valence-corrected chi connectivity index (χ2v) is 4.26. The van der Waals surface area contributed by atoms with Gasteiger partial charge in [-0.15, -0.1) is 0 Å². The van der Waals surface area contributed by atoms with Gasteiger partial charge in [0.25, 0.3) is 0 Å². The Labute approximate surface area is 115 Å². The van der Waals surface area contributed by atoms with Crippen LogP contribution in [-0.2, 0) is 0 Å². The molecule has 0 spiro atoms. The number of hydrogen-bond acceptors (Lipinski definition) is 6. The van der Waals surface area contributed by atoms with Crippen LogP contribution in [-0.4, -0.2) is 17.1 Å². The van der Waals surface area contributed by atoms with Crippen LogP contribution in [0.4, 0.5) is 17.3 Å². The molecule has 6 nitrogen and oxygen atoms in total. The zero-order valence-corrected chi connectivity index (χ0v) is 11.3. The minimum absolute atomic E-state index is 0.392. The number of nitrogens with two attached hydrogens (primary N) is 1. The van der Waals surface area contributed by atoms with Crippen molar-refractivity contribution in [3.63, 3.8) is 0 Å². The van der Waals surface area contributed by atoms with Gasteiger partial charge in [0.1, 0.15) is 6.33 Å². The molecule has 0 bridgehead atoms. The largest absolute Gasteiger partial charge is 0.490 e. The number of aryl methyl sites for hydroxylation is 1. The first kappa shape index (κ1) is 13.4. The number of hydrogen-bond donors (Lipinski definition) is 3. The summed E-state index contributed by atoms with van der Waals surface area (Å²) in [5.41, 5.74) is 4.25. The Morgan fingerprint density at radius 2 is 2.00 bits per heavy atom. The van der Waals surface area contributed by atoms with Gasteiger partial charge < -0.3 is 15.5 Å². The van der Waals surface area contributed by atoms with E-state index in [2.05, 4.69) is 20.7 Å². The van der Waals surface area contributed by atoms with E-state index in [0.29, 0.717) is 22.4 Å². The van der Waals surface area contributed by atoms with Gasteiger partial charge in [0, 0.05) is 0 Å². The van der Waals surface area contributed by atoms with Gasteiger partial charge in [-0.2, -0.15) is 0 Å². The molecule has 0 radical (unpaired) electrons. The molecule has 0 atom stereocenters. The second-order valence-electron chi connectivity index (χ2n) is 3.86. The van der Waals surface area contributed by atoms with Crippen LogP contribution in [0, 0.1) is 6.92 Å². The number of benzene rings is 1. The van der Waals surface area contributed by atoms with Crippen LogP contribution in [0.2, 0.25) is 5.02 Å².